The summed E-state index contributed by atoms with van der Waals surface area (Å²) in [7, 11) is -4.20. The van der Waals surface area contributed by atoms with Crippen molar-refractivity contribution in [2.24, 2.45) is 23.7 Å². The number of esters is 1. The van der Waals surface area contributed by atoms with Crippen molar-refractivity contribution in [3.8, 4) is 0 Å². The second kappa shape index (κ2) is 4.95. The molecule has 5 nitrogen and oxygen atoms in total. The van der Waals surface area contributed by atoms with E-state index in [1.54, 1.807) is 0 Å². The number of allylic oxidation sites excluding steroid dienone is 1. The summed E-state index contributed by atoms with van der Waals surface area (Å²) in [6, 6.07) is 0. The van der Waals surface area contributed by atoms with Crippen molar-refractivity contribution in [3.05, 3.63) is 24.3 Å². The van der Waals surface area contributed by atoms with Crippen LogP contribution in [-0.4, -0.2) is 30.8 Å². The molecule has 0 radical (unpaired) electrons. The first kappa shape index (κ1) is 14.8. The molecule has 0 amide bonds. The van der Waals surface area contributed by atoms with Crippen molar-refractivity contribution in [2.75, 3.05) is 5.75 Å². The van der Waals surface area contributed by atoms with E-state index in [2.05, 4.69) is 13.2 Å². The van der Waals surface area contributed by atoms with Gasteiger partial charge in [0.2, 0.25) is 0 Å². The summed E-state index contributed by atoms with van der Waals surface area (Å²) < 4.78 is 36.9. The average molecular weight is 312 g/mol. The molecular weight excluding hydrogens is 292 g/mol. The van der Waals surface area contributed by atoms with Crippen LogP contribution >= 0.6 is 0 Å². The highest BCUT2D eigenvalue weighted by Crippen LogP contribution is 2.52. The minimum absolute atomic E-state index is 0.0559. The lowest BCUT2D eigenvalue weighted by atomic mass is 9.80. The molecule has 0 aromatic carbocycles. The van der Waals surface area contributed by atoms with Crippen LogP contribution in [0.4, 0.5) is 0 Å². The lowest BCUT2D eigenvalue weighted by Gasteiger charge is -2.26. The van der Waals surface area contributed by atoms with Crippen molar-refractivity contribution in [2.45, 2.75) is 31.8 Å². The molecule has 3 fully saturated rings. The van der Waals surface area contributed by atoms with E-state index < -0.39 is 27.8 Å². The summed E-state index contributed by atoms with van der Waals surface area (Å²) >= 11 is 0. The molecule has 1 N–H and O–H groups in total. The zero-order chi connectivity index (χ0) is 15.4. The third kappa shape index (κ3) is 2.55. The lowest BCUT2D eigenvalue weighted by molar-refractivity contribution is -0.145. The molecular formula is C15H20O5S. The monoisotopic (exact) mass is 312 g/mol. The first-order valence-corrected chi connectivity index (χ1v) is 8.90. The van der Waals surface area contributed by atoms with Gasteiger partial charge in [-0.25, -0.2) is 0 Å². The summed E-state index contributed by atoms with van der Waals surface area (Å²) in [5, 5.41) is 0. The van der Waals surface area contributed by atoms with E-state index in [1.807, 2.05) is 0 Å². The Morgan fingerprint density at radius 2 is 1.86 bits per heavy atom. The molecule has 0 aromatic rings. The zero-order valence-corrected chi connectivity index (χ0v) is 12.6. The van der Waals surface area contributed by atoms with Gasteiger partial charge in [0, 0.05) is 11.8 Å². The van der Waals surface area contributed by atoms with Crippen LogP contribution in [0, 0.1) is 23.7 Å². The van der Waals surface area contributed by atoms with Gasteiger partial charge < -0.3 is 4.74 Å². The topological polar surface area (TPSA) is 80.7 Å². The molecule has 1 saturated heterocycles. The molecule has 0 aromatic heterocycles. The van der Waals surface area contributed by atoms with Crippen molar-refractivity contribution in [3.63, 3.8) is 0 Å². The fourth-order valence-corrected chi connectivity index (χ4v) is 5.10. The molecule has 116 valence electrons. The first-order chi connectivity index (χ1) is 9.78. The Hall–Kier alpha value is -1.14. The number of carbonyl (C=O) groups is 1. The third-order valence-electron chi connectivity index (χ3n) is 5.24. The maximum Gasteiger partial charge on any atom is 0.310 e. The summed E-state index contributed by atoms with van der Waals surface area (Å²) in [4.78, 5) is 12.1. The molecule has 1 heterocycles. The second-order valence-electron chi connectivity index (χ2n) is 6.45. The van der Waals surface area contributed by atoms with Gasteiger partial charge in [0.25, 0.3) is 10.1 Å². The SMILES string of the molecule is C=C1CC[C@@H]2C(=C)CC[C@H]3[C@@H](OC(=O)[C@H]3CS(=O)(=O)O)[C@H]12. The number of fused-ring (bicyclic) bond motifs is 3. The van der Waals surface area contributed by atoms with Gasteiger partial charge in [-0.2, -0.15) is 8.42 Å². The van der Waals surface area contributed by atoms with Crippen molar-refractivity contribution >= 4 is 16.1 Å². The Labute approximate surface area is 124 Å². The molecule has 2 aliphatic carbocycles. The lowest BCUT2D eigenvalue weighted by Crippen LogP contribution is -2.31. The van der Waals surface area contributed by atoms with E-state index in [4.69, 9.17) is 9.29 Å². The molecule has 0 spiro atoms. The predicted octanol–water partition coefficient (Wildman–Crippen LogP) is 1.96. The summed E-state index contributed by atoms with van der Waals surface area (Å²) in [5.74, 6) is -1.67. The van der Waals surface area contributed by atoms with Crippen LogP contribution in [-0.2, 0) is 19.6 Å². The molecule has 5 atom stereocenters. The van der Waals surface area contributed by atoms with Gasteiger partial charge in [-0.1, -0.05) is 24.3 Å². The Morgan fingerprint density at radius 1 is 1.19 bits per heavy atom. The fraction of sp³-hybridized carbons (Fsp3) is 0.667. The maximum atomic E-state index is 12.1. The van der Waals surface area contributed by atoms with Crippen LogP contribution < -0.4 is 0 Å². The standard InChI is InChI=1S/C15H20O5S/c1-8-3-6-11-12(7-21(17,18)19)15(16)20-14(11)13-9(2)4-5-10(8)13/h10-14H,1-7H2,(H,17,18,19)/t10-,11-,12+,13-,14-/m1/s1. The van der Waals surface area contributed by atoms with Crippen LogP contribution in [0.3, 0.4) is 0 Å². The summed E-state index contributed by atoms with van der Waals surface area (Å²) in [6.45, 7) is 8.25. The summed E-state index contributed by atoms with van der Waals surface area (Å²) in [6.07, 6.45) is 3.01. The van der Waals surface area contributed by atoms with Gasteiger partial charge in [-0.3, -0.25) is 9.35 Å². The van der Waals surface area contributed by atoms with E-state index in [-0.39, 0.29) is 23.9 Å². The highest BCUT2D eigenvalue weighted by atomic mass is 32.2. The van der Waals surface area contributed by atoms with Crippen molar-refractivity contribution in [1.29, 1.82) is 0 Å². The second-order valence-corrected chi connectivity index (χ2v) is 7.94. The molecule has 0 bridgehead atoms. The van der Waals surface area contributed by atoms with Crippen LogP contribution in [0.5, 0.6) is 0 Å². The van der Waals surface area contributed by atoms with E-state index >= 15 is 0 Å². The van der Waals surface area contributed by atoms with Gasteiger partial charge in [0.15, 0.2) is 0 Å². The number of rotatable bonds is 2. The van der Waals surface area contributed by atoms with Crippen LogP contribution in [0.15, 0.2) is 24.3 Å². The van der Waals surface area contributed by atoms with Crippen LogP contribution in [0.1, 0.15) is 25.7 Å². The Morgan fingerprint density at radius 3 is 2.52 bits per heavy atom. The van der Waals surface area contributed by atoms with E-state index in [1.165, 1.54) is 0 Å². The minimum Gasteiger partial charge on any atom is -0.461 e. The normalized spacial score (nSPS) is 39.7. The smallest absolute Gasteiger partial charge is 0.310 e. The van der Waals surface area contributed by atoms with Crippen molar-refractivity contribution in [1.82, 2.24) is 0 Å². The van der Waals surface area contributed by atoms with Gasteiger partial charge in [0.1, 0.15) is 6.10 Å². The number of carbonyl (C=O) groups excluding carboxylic acids is 1. The van der Waals surface area contributed by atoms with Gasteiger partial charge in [0.05, 0.1) is 11.7 Å². The van der Waals surface area contributed by atoms with Crippen molar-refractivity contribution < 1.29 is 22.5 Å². The first-order valence-electron chi connectivity index (χ1n) is 7.29. The molecule has 6 heteroatoms. The largest absolute Gasteiger partial charge is 0.461 e. The quantitative estimate of drug-likeness (QED) is 0.479. The van der Waals surface area contributed by atoms with Crippen LogP contribution in [0.2, 0.25) is 0 Å². The minimum atomic E-state index is -4.20. The molecule has 2 saturated carbocycles. The zero-order valence-electron chi connectivity index (χ0n) is 11.8. The number of hydrogen-bond donors (Lipinski definition) is 1. The highest BCUT2D eigenvalue weighted by molar-refractivity contribution is 7.85. The van der Waals surface area contributed by atoms with Gasteiger partial charge in [-0.15, -0.1) is 0 Å². The third-order valence-corrected chi connectivity index (χ3v) is 6.02. The molecule has 21 heavy (non-hydrogen) atoms. The van der Waals surface area contributed by atoms with E-state index in [0.29, 0.717) is 6.42 Å². The Kier molecular flexibility index (Phi) is 3.48. The van der Waals surface area contributed by atoms with Gasteiger partial charge >= 0.3 is 5.97 Å². The molecule has 0 unspecified atom stereocenters. The summed E-state index contributed by atoms with van der Waals surface area (Å²) in [5.41, 5.74) is 2.22. The van der Waals surface area contributed by atoms with E-state index in [0.717, 1.165) is 30.4 Å². The maximum absolute atomic E-state index is 12.1. The van der Waals surface area contributed by atoms with Crippen LogP contribution in [0.25, 0.3) is 0 Å². The molecule has 3 rings (SSSR count). The Bertz CT molecular complexity index is 606. The van der Waals surface area contributed by atoms with E-state index in [9.17, 15) is 13.2 Å². The number of hydrogen-bond acceptors (Lipinski definition) is 4. The fourth-order valence-electron chi connectivity index (χ4n) is 4.26. The predicted molar refractivity (Wildman–Crippen MR) is 77.0 cm³/mol. The average Bonchev–Trinajstić information content (AvgIpc) is 2.83. The molecule has 1 aliphatic heterocycles. The Balaban J connectivity index is 1.93. The molecule has 3 aliphatic rings. The van der Waals surface area contributed by atoms with Gasteiger partial charge in [-0.05, 0) is 31.6 Å². The number of ether oxygens (including phenoxy) is 1. The highest BCUT2D eigenvalue weighted by Gasteiger charge is 2.54.